The van der Waals surface area contributed by atoms with E-state index in [0.29, 0.717) is 12.0 Å². The van der Waals surface area contributed by atoms with Gasteiger partial charge in [-0.3, -0.25) is 0 Å². The number of carboxylic acid groups (broad SMARTS) is 2. The maximum absolute atomic E-state index is 11.4. The molecule has 4 nitrogen and oxygen atoms in total. The van der Waals surface area contributed by atoms with Gasteiger partial charge in [0.25, 0.3) is 0 Å². The summed E-state index contributed by atoms with van der Waals surface area (Å²) >= 11 is 0. The monoisotopic (exact) mass is 418 g/mol. The van der Waals surface area contributed by atoms with Crippen molar-refractivity contribution in [3.8, 4) is 0 Å². The van der Waals surface area contributed by atoms with Crippen LogP contribution in [-0.2, 0) is 6.42 Å². The standard InChI is InChI=1S/C26H42O4/c1-2-3-4-5-6-7-8-9-10-11-12-13-14-15-16-17-19-22-23(25(27)28)20-18-21-24(22)26(29)30/h18,20-21H,2-17,19H2,1H3,(H,27,28)(H,29,30). The second-order valence-corrected chi connectivity index (χ2v) is 8.50. The van der Waals surface area contributed by atoms with Crippen LogP contribution < -0.4 is 0 Å². The van der Waals surface area contributed by atoms with Gasteiger partial charge in [0, 0.05) is 0 Å². The Bertz CT molecular complexity index is 577. The van der Waals surface area contributed by atoms with E-state index < -0.39 is 11.9 Å². The molecule has 0 aliphatic carbocycles. The van der Waals surface area contributed by atoms with Crippen LogP contribution in [0.1, 0.15) is 136 Å². The first-order chi connectivity index (χ1) is 14.6. The highest BCUT2D eigenvalue weighted by Gasteiger charge is 2.17. The fraction of sp³-hybridized carbons (Fsp3) is 0.692. The van der Waals surface area contributed by atoms with Gasteiger partial charge >= 0.3 is 11.9 Å². The molecule has 0 spiro atoms. The summed E-state index contributed by atoms with van der Waals surface area (Å²) in [4.78, 5) is 22.8. The van der Waals surface area contributed by atoms with E-state index >= 15 is 0 Å². The Hall–Kier alpha value is -1.84. The maximum Gasteiger partial charge on any atom is 0.335 e. The quantitative estimate of drug-likeness (QED) is 0.224. The molecule has 2 N–H and O–H groups in total. The fourth-order valence-electron chi connectivity index (χ4n) is 4.11. The van der Waals surface area contributed by atoms with Crippen molar-refractivity contribution in [2.45, 2.75) is 116 Å². The van der Waals surface area contributed by atoms with Crippen LogP contribution in [0.5, 0.6) is 0 Å². The molecule has 0 aliphatic heterocycles. The van der Waals surface area contributed by atoms with Crippen LogP contribution in [0.25, 0.3) is 0 Å². The minimum Gasteiger partial charge on any atom is -0.478 e. The molecule has 0 heterocycles. The minimum atomic E-state index is -1.05. The third-order valence-electron chi connectivity index (χ3n) is 5.92. The van der Waals surface area contributed by atoms with E-state index in [1.54, 1.807) is 0 Å². The van der Waals surface area contributed by atoms with Gasteiger partial charge < -0.3 is 10.2 Å². The van der Waals surface area contributed by atoms with Crippen molar-refractivity contribution < 1.29 is 19.8 Å². The van der Waals surface area contributed by atoms with Crippen molar-refractivity contribution in [3.05, 3.63) is 34.9 Å². The largest absolute Gasteiger partial charge is 0.478 e. The van der Waals surface area contributed by atoms with Gasteiger partial charge in [-0.25, -0.2) is 9.59 Å². The molecule has 0 atom stereocenters. The predicted molar refractivity (Wildman–Crippen MR) is 124 cm³/mol. The van der Waals surface area contributed by atoms with Crippen LogP contribution in [0.4, 0.5) is 0 Å². The smallest absolute Gasteiger partial charge is 0.335 e. The molecule has 1 rings (SSSR count). The molecular weight excluding hydrogens is 376 g/mol. The zero-order valence-corrected chi connectivity index (χ0v) is 19.0. The van der Waals surface area contributed by atoms with E-state index in [1.165, 1.54) is 102 Å². The Balaban J connectivity index is 2.04. The molecule has 4 heteroatoms. The van der Waals surface area contributed by atoms with E-state index in [-0.39, 0.29) is 11.1 Å². The number of aromatic carboxylic acids is 2. The van der Waals surface area contributed by atoms with Crippen molar-refractivity contribution in [2.75, 3.05) is 0 Å². The predicted octanol–water partition coefficient (Wildman–Crippen LogP) is 7.89. The number of carbonyl (C=O) groups is 2. The lowest BCUT2D eigenvalue weighted by atomic mass is 9.95. The summed E-state index contributed by atoms with van der Waals surface area (Å²) in [7, 11) is 0. The van der Waals surface area contributed by atoms with Gasteiger partial charge in [-0.15, -0.1) is 0 Å². The molecule has 1 aromatic rings. The van der Waals surface area contributed by atoms with Gasteiger partial charge in [0.05, 0.1) is 11.1 Å². The normalized spacial score (nSPS) is 11.0. The zero-order chi connectivity index (χ0) is 22.0. The fourth-order valence-corrected chi connectivity index (χ4v) is 4.11. The minimum absolute atomic E-state index is 0.121. The van der Waals surface area contributed by atoms with Gasteiger partial charge in [0.2, 0.25) is 0 Å². The van der Waals surface area contributed by atoms with Crippen molar-refractivity contribution in [1.29, 1.82) is 0 Å². The first-order valence-corrected chi connectivity index (χ1v) is 12.2. The van der Waals surface area contributed by atoms with Gasteiger partial charge in [0.15, 0.2) is 0 Å². The number of benzene rings is 1. The highest BCUT2D eigenvalue weighted by molar-refractivity contribution is 5.96. The first-order valence-electron chi connectivity index (χ1n) is 12.2. The highest BCUT2D eigenvalue weighted by Crippen LogP contribution is 2.20. The van der Waals surface area contributed by atoms with Crippen LogP contribution in [0, 0.1) is 0 Å². The lowest BCUT2D eigenvalue weighted by Gasteiger charge is -2.10. The summed E-state index contributed by atoms with van der Waals surface area (Å²) in [6.07, 6.45) is 21.1. The van der Waals surface area contributed by atoms with Gasteiger partial charge in [-0.1, -0.05) is 109 Å². The molecule has 0 fully saturated rings. The third kappa shape index (κ3) is 11.4. The average Bonchev–Trinajstić information content (AvgIpc) is 2.73. The highest BCUT2D eigenvalue weighted by atomic mass is 16.4. The summed E-state index contributed by atoms with van der Waals surface area (Å²) < 4.78 is 0. The van der Waals surface area contributed by atoms with E-state index in [2.05, 4.69) is 6.92 Å². The summed E-state index contributed by atoms with van der Waals surface area (Å²) in [6.45, 7) is 2.26. The van der Waals surface area contributed by atoms with E-state index in [0.717, 1.165) is 19.3 Å². The lowest BCUT2D eigenvalue weighted by molar-refractivity contribution is 0.0695. The average molecular weight is 419 g/mol. The number of unbranched alkanes of at least 4 members (excludes halogenated alkanes) is 15. The number of rotatable bonds is 19. The molecular formula is C26H42O4. The molecule has 0 amide bonds. The van der Waals surface area contributed by atoms with E-state index in [4.69, 9.17) is 0 Å². The second-order valence-electron chi connectivity index (χ2n) is 8.50. The Kier molecular flexibility index (Phi) is 14.8. The molecule has 1 aromatic carbocycles. The molecule has 0 saturated carbocycles. The molecule has 0 bridgehead atoms. The Labute approximate surface area is 183 Å². The molecule has 0 unspecified atom stereocenters. The van der Waals surface area contributed by atoms with Crippen LogP contribution >= 0.6 is 0 Å². The SMILES string of the molecule is CCCCCCCCCCCCCCCCCCc1c(C(=O)O)cccc1C(=O)O. The van der Waals surface area contributed by atoms with Gasteiger partial charge in [-0.05, 0) is 30.5 Å². The van der Waals surface area contributed by atoms with Crippen LogP contribution in [0.2, 0.25) is 0 Å². The van der Waals surface area contributed by atoms with Crippen LogP contribution in [0.3, 0.4) is 0 Å². The lowest BCUT2D eigenvalue weighted by Crippen LogP contribution is -2.10. The van der Waals surface area contributed by atoms with Crippen LogP contribution in [0.15, 0.2) is 18.2 Å². The van der Waals surface area contributed by atoms with Crippen molar-refractivity contribution in [3.63, 3.8) is 0 Å². The number of carboxylic acids is 2. The number of hydrogen-bond donors (Lipinski definition) is 2. The van der Waals surface area contributed by atoms with E-state index in [1.807, 2.05) is 0 Å². The number of hydrogen-bond acceptors (Lipinski definition) is 2. The molecule has 0 aliphatic rings. The van der Waals surface area contributed by atoms with Crippen molar-refractivity contribution in [2.24, 2.45) is 0 Å². The maximum atomic E-state index is 11.4. The Morgan fingerprint density at radius 1 is 0.600 bits per heavy atom. The summed E-state index contributed by atoms with van der Waals surface area (Å²) in [5.74, 6) is -2.10. The first kappa shape index (κ1) is 26.2. The van der Waals surface area contributed by atoms with Crippen molar-refractivity contribution >= 4 is 11.9 Å². The Morgan fingerprint density at radius 3 is 1.27 bits per heavy atom. The van der Waals surface area contributed by atoms with Crippen molar-refractivity contribution in [1.82, 2.24) is 0 Å². The molecule has 170 valence electrons. The van der Waals surface area contributed by atoms with Crippen LogP contribution in [-0.4, -0.2) is 22.2 Å². The molecule has 0 radical (unpaired) electrons. The summed E-state index contributed by atoms with van der Waals surface area (Å²) in [5, 5.41) is 18.6. The Morgan fingerprint density at radius 2 is 0.933 bits per heavy atom. The molecule has 0 aromatic heterocycles. The van der Waals surface area contributed by atoms with Gasteiger partial charge in [0.1, 0.15) is 0 Å². The summed E-state index contributed by atoms with van der Waals surface area (Å²) in [5.41, 5.74) is 0.703. The molecule has 0 saturated heterocycles. The zero-order valence-electron chi connectivity index (χ0n) is 19.0. The summed E-state index contributed by atoms with van der Waals surface area (Å²) in [6, 6.07) is 4.50. The van der Waals surface area contributed by atoms with Gasteiger partial charge in [-0.2, -0.15) is 0 Å². The molecule has 30 heavy (non-hydrogen) atoms. The van der Waals surface area contributed by atoms with E-state index in [9.17, 15) is 19.8 Å². The topological polar surface area (TPSA) is 74.6 Å². The second kappa shape index (κ2) is 16.9. The third-order valence-corrected chi connectivity index (χ3v) is 5.92.